The molecule has 0 atom stereocenters. The smallest absolute Gasteiger partial charge is 0.220 e. The van der Waals surface area contributed by atoms with Crippen molar-refractivity contribution in [3.05, 3.63) is 78.4 Å². The fourth-order valence-electron chi connectivity index (χ4n) is 2.63. The summed E-state index contributed by atoms with van der Waals surface area (Å²) in [5, 5.41) is 7.24. The Kier molecular flexibility index (Phi) is 6.57. The SMILES string of the molecule is O=C(CCCOc1cccc(F)c1)NCCc1cnn(-c2ccccc2)c1. The highest BCUT2D eigenvalue weighted by atomic mass is 19.1. The Labute approximate surface area is 157 Å². The molecular weight excluding hydrogens is 345 g/mol. The summed E-state index contributed by atoms with van der Waals surface area (Å²) in [6.45, 7) is 0.935. The van der Waals surface area contributed by atoms with E-state index in [9.17, 15) is 9.18 Å². The zero-order chi connectivity index (χ0) is 18.9. The normalized spacial score (nSPS) is 10.6. The molecule has 2 aromatic carbocycles. The van der Waals surface area contributed by atoms with Crippen molar-refractivity contribution in [2.45, 2.75) is 19.3 Å². The summed E-state index contributed by atoms with van der Waals surface area (Å²) < 4.78 is 20.3. The Hall–Kier alpha value is -3.15. The third-order valence-corrected chi connectivity index (χ3v) is 4.01. The second kappa shape index (κ2) is 9.52. The minimum atomic E-state index is -0.333. The summed E-state index contributed by atoms with van der Waals surface area (Å²) in [5.74, 6) is 0.125. The quantitative estimate of drug-likeness (QED) is 0.589. The molecule has 0 spiro atoms. The predicted octanol–water partition coefficient (Wildman–Crippen LogP) is 3.53. The van der Waals surface area contributed by atoms with Gasteiger partial charge in [-0.1, -0.05) is 24.3 Å². The molecule has 1 heterocycles. The van der Waals surface area contributed by atoms with Crippen molar-refractivity contribution in [3.63, 3.8) is 0 Å². The summed E-state index contributed by atoms with van der Waals surface area (Å²) in [7, 11) is 0. The average molecular weight is 367 g/mol. The largest absolute Gasteiger partial charge is 0.493 e. The highest BCUT2D eigenvalue weighted by Gasteiger charge is 2.04. The molecule has 140 valence electrons. The van der Waals surface area contributed by atoms with Crippen molar-refractivity contribution >= 4 is 5.91 Å². The number of hydrogen-bond donors (Lipinski definition) is 1. The topological polar surface area (TPSA) is 56.1 Å². The number of hydrogen-bond acceptors (Lipinski definition) is 3. The summed E-state index contributed by atoms with van der Waals surface area (Å²) in [5.41, 5.74) is 2.07. The van der Waals surface area contributed by atoms with E-state index in [0.717, 1.165) is 17.7 Å². The number of para-hydroxylation sites is 1. The van der Waals surface area contributed by atoms with Crippen LogP contribution in [0, 0.1) is 5.82 Å². The lowest BCUT2D eigenvalue weighted by Gasteiger charge is -2.07. The van der Waals surface area contributed by atoms with Crippen molar-refractivity contribution < 1.29 is 13.9 Å². The average Bonchev–Trinajstić information content (AvgIpc) is 3.15. The highest BCUT2D eigenvalue weighted by molar-refractivity contribution is 5.75. The third-order valence-electron chi connectivity index (χ3n) is 4.01. The van der Waals surface area contributed by atoms with Gasteiger partial charge in [-0.05, 0) is 42.7 Å². The van der Waals surface area contributed by atoms with Crippen LogP contribution in [0.1, 0.15) is 18.4 Å². The molecule has 0 saturated heterocycles. The summed E-state index contributed by atoms with van der Waals surface area (Å²) in [6.07, 6.45) is 5.45. The minimum Gasteiger partial charge on any atom is -0.493 e. The Bertz CT molecular complexity index is 865. The number of nitrogens with zero attached hydrogens (tertiary/aromatic N) is 2. The molecule has 0 bridgehead atoms. The lowest BCUT2D eigenvalue weighted by atomic mass is 10.2. The highest BCUT2D eigenvalue weighted by Crippen LogP contribution is 2.12. The molecule has 0 unspecified atom stereocenters. The van der Waals surface area contributed by atoms with Crippen molar-refractivity contribution in [1.29, 1.82) is 0 Å². The molecule has 3 rings (SSSR count). The molecule has 0 saturated carbocycles. The second-order valence-corrected chi connectivity index (χ2v) is 6.14. The Morgan fingerprint density at radius 3 is 2.81 bits per heavy atom. The van der Waals surface area contributed by atoms with Crippen LogP contribution in [0.25, 0.3) is 5.69 Å². The van der Waals surface area contributed by atoms with Crippen LogP contribution in [0.5, 0.6) is 5.75 Å². The predicted molar refractivity (Wildman–Crippen MR) is 101 cm³/mol. The van der Waals surface area contributed by atoms with Gasteiger partial charge in [0.25, 0.3) is 0 Å². The van der Waals surface area contributed by atoms with Gasteiger partial charge in [0.05, 0.1) is 18.5 Å². The third kappa shape index (κ3) is 5.95. The molecular formula is C21H22FN3O2. The van der Waals surface area contributed by atoms with Crippen LogP contribution < -0.4 is 10.1 Å². The maximum atomic E-state index is 13.0. The number of halogens is 1. The molecule has 1 aromatic heterocycles. The summed E-state index contributed by atoms with van der Waals surface area (Å²) >= 11 is 0. The molecule has 0 fully saturated rings. The van der Waals surface area contributed by atoms with E-state index in [1.807, 2.05) is 47.4 Å². The Morgan fingerprint density at radius 1 is 1.15 bits per heavy atom. The van der Waals surface area contributed by atoms with E-state index in [0.29, 0.717) is 31.7 Å². The maximum absolute atomic E-state index is 13.0. The van der Waals surface area contributed by atoms with E-state index >= 15 is 0 Å². The minimum absolute atomic E-state index is 0.0201. The van der Waals surface area contributed by atoms with E-state index < -0.39 is 0 Å². The zero-order valence-electron chi connectivity index (χ0n) is 15.0. The first-order valence-electron chi connectivity index (χ1n) is 8.95. The first-order valence-corrected chi connectivity index (χ1v) is 8.95. The maximum Gasteiger partial charge on any atom is 0.220 e. The van der Waals surface area contributed by atoms with Crippen LogP contribution >= 0.6 is 0 Å². The monoisotopic (exact) mass is 367 g/mol. The lowest BCUT2D eigenvalue weighted by Crippen LogP contribution is -2.25. The van der Waals surface area contributed by atoms with Crippen LogP contribution in [-0.4, -0.2) is 28.8 Å². The number of carbonyl (C=O) groups is 1. The first-order chi connectivity index (χ1) is 13.2. The van der Waals surface area contributed by atoms with Crippen LogP contribution in [0.4, 0.5) is 4.39 Å². The van der Waals surface area contributed by atoms with Gasteiger partial charge in [0.2, 0.25) is 5.91 Å². The first kappa shape index (κ1) is 18.6. The van der Waals surface area contributed by atoms with E-state index in [2.05, 4.69) is 10.4 Å². The fourth-order valence-corrected chi connectivity index (χ4v) is 2.63. The van der Waals surface area contributed by atoms with Gasteiger partial charge < -0.3 is 10.1 Å². The fraction of sp³-hybridized carbons (Fsp3) is 0.238. The molecule has 0 aliphatic heterocycles. The number of aromatic nitrogens is 2. The van der Waals surface area contributed by atoms with Gasteiger partial charge in [-0.15, -0.1) is 0 Å². The van der Waals surface area contributed by atoms with Gasteiger partial charge in [0.15, 0.2) is 0 Å². The number of ether oxygens (including phenoxy) is 1. The van der Waals surface area contributed by atoms with Crippen molar-refractivity contribution in [3.8, 4) is 11.4 Å². The van der Waals surface area contributed by atoms with Gasteiger partial charge in [-0.2, -0.15) is 5.10 Å². The van der Waals surface area contributed by atoms with E-state index in [-0.39, 0.29) is 11.7 Å². The van der Waals surface area contributed by atoms with Crippen LogP contribution in [-0.2, 0) is 11.2 Å². The van der Waals surface area contributed by atoms with Crippen LogP contribution in [0.3, 0.4) is 0 Å². The Balaban J connectivity index is 1.32. The molecule has 0 aliphatic rings. The number of rotatable bonds is 9. The molecule has 27 heavy (non-hydrogen) atoms. The van der Waals surface area contributed by atoms with E-state index in [1.54, 1.807) is 12.1 Å². The van der Waals surface area contributed by atoms with Crippen LogP contribution in [0.15, 0.2) is 67.0 Å². The number of amides is 1. The number of nitrogens with one attached hydrogen (secondary N) is 1. The molecule has 6 heteroatoms. The number of benzene rings is 2. The molecule has 1 amide bonds. The van der Waals surface area contributed by atoms with Crippen molar-refractivity contribution in [1.82, 2.24) is 15.1 Å². The summed E-state index contributed by atoms with van der Waals surface area (Å²) in [6, 6.07) is 15.9. The van der Waals surface area contributed by atoms with E-state index in [4.69, 9.17) is 4.74 Å². The molecule has 0 radical (unpaired) electrons. The van der Waals surface area contributed by atoms with Gasteiger partial charge in [-0.25, -0.2) is 9.07 Å². The van der Waals surface area contributed by atoms with Gasteiger partial charge >= 0.3 is 0 Å². The lowest BCUT2D eigenvalue weighted by molar-refractivity contribution is -0.121. The zero-order valence-corrected chi connectivity index (χ0v) is 15.0. The number of carbonyl (C=O) groups excluding carboxylic acids is 1. The van der Waals surface area contributed by atoms with Gasteiger partial charge in [0, 0.05) is 25.2 Å². The van der Waals surface area contributed by atoms with Crippen molar-refractivity contribution in [2.24, 2.45) is 0 Å². The molecule has 3 aromatic rings. The van der Waals surface area contributed by atoms with Gasteiger partial charge in [-0.3, -0.25) is 4.79 Å². The summed E-state index contributed by atoms with van der Waals surface area (Å²) in [4.78, 5) is 11.9. The molecule has 5 nitrogen and oxygen atoms in total. The Morgan fingerprint density at radius 2 is 2.00 bits per heavy atom. The van der Waals surface area contributed by atoms with Crippen LogP contribution in [0.2, 0.25) is 0 Å². The standard InChI is InChI=1S/C21H22FN3O2/c22-18-6-4-9-20(14-18)27-13-5-10-21(26)23-12-11-17-15-24-25(16-17)19-7-2-1-3-8-19/h1-4,6-9,14-16H,5,10-13H2,(H,23,26). The van der Waals surface area contributed by atoms with Crippen molar-refractivity contribution in [2.75, 3.05) is 13.2 Å². The molecule has 1 N–H and O–H groups in total. The van der Waals surface area contributed by atoms with Gasteiger partial charge in [0.1, 0.15) is 11.6 Å². The molecule has 0 aliphatic carbocycles. The second-order valence-electron chi connectivity index (χ2n) is 6.14. The van der Waals surface area contributed by atoms with E-state index in [1.165, 1.54) is 12.1 Å².